The molecule has 0 aromatic heterocycles. The number of nitrogens with one attached hydrogen (secondary N) is 3. The molecule has 0 fully saturated rings. The third-order valence-electron chi connectivity index (χ3n) is 3.49. The minimum Gasteiger partial charge on any atom is -0.481 e. The van der Waals surface area contributed by atoms with Crippen LogP contribution >= 0.6 is 0 Å². The predicted octanol–water partition coefficient (Wildman–Crippen LogP) is 0.539. The number of carboxylic acids is 1. The summed E-state index contributed by atoms with van der Waals surface area (Å²) in [6.07, 6.45) is 0. The molecule has 1 aromatic carbocycles. The number of hydrogen-bond acceptors (Lipinski definition) is 5. The van der Waals surface area contributed by atoms with Crippen LogP contribution in [0.25, 0.3) is 0 Å². The summed E-state index contributed by atoms with van der Waals surface area (Å²) >= 11 is 0. The molecule has 0 spiro atoms. The van der Waals surface area contributed by atoms with Crippen molar-refractivity contribution < 1.29 is 27.9 Å². The van der Waals surface area contributed by atoms with Crippen molar-refractivity contribution in [2.45, 2.75) is 38.6 Å². The molecular formula is C16H23N3O6S. The average molecular weight is 385 g/mol. The van der Waals surface area contributed by atoms with Gasteiger partial charge in [0, 0.05) is 19.2 Å². The van der Waals surface area contributed by atoms with Crippen LogP contribution in [-0.4, -0.2) is 43.9 Å². The number of benzene rings is 1. The first kappa shape index (κ1) is 21.6. The zero-order valence-corrected chi connectivity index (χ0v) is 15.8. The van der Waals surface area contributed by atoms with Crippen LogP contribution in [-0.2, 0) is 24.4 Å². The molecule has 1 unspecified atom stereocenters. The van der Waals surface area contributed by atoms with Crippen LogP contribution in [0.15, 0.2) is 29.2 Å². The highest BCUT2D eigenvalue weighted by molar-refractivity contribution is 7.89. The molecule has 2 amide bonds. The van der Waals surface area contributed by atoms with Crippen LogP contribution < -0.4 is 15.4 Å². The summed E-state index contributed by atoms with van der Waals surface area (Å²) in [5, 5.41) is 13.9. The van der Waals surface area contributed by atoms with Crippen LogP contribution in [0.5, 0.6) is 0 Å². The van der Waals surface area contributed by atoms with Gasteiger partial charge >= 0.3 is 5.97 Å². The van der Waals surface area contributed by atoms with Gasteiger partial charge in [-0.1, -0.05) is 0 Å². The first-order chi connectivity index (χ1) is 11.8. The molecule has 1 rings (SSSR count). The van der Waals surface area contributed by atoms with Crippen LogP contribution in [0, 0.1) is 5.41 Å². The van der Waals surface area contributed by atoms with Gasteiger partial charge in [-0.05, 0) is 45.0 Å². The molecule has 0 radical (unpaired) electrons. The van der Waals surface area contributed by atoms with Crippen LogP contribution in [0.2, 0.25) is 0 Å². The number of carbonyl (C=O) groups excluding carboxylic acids is 2. The lowest BCUT2D eigenvalue weighted by Crippen LogP contribution is -2.48. The summed E-state index contributed by atoms with van der Waals surface area (Å²) in [5.41, 5.74) is -0.730. The van der Waals surface area contributed by atoms with Gasteiger partial charge in [-0.25, -0.2) is 8.42 Å². The Kier molecular flexibility index (Phi) is 6.87. The van der Waals surface area contributed by atoms with Crippen molar-refractivity contribution >= 4 is 33.5 Å². The van der Waals surface area contributed by atoms with Gasteiger partial charge in [-0.3, -0.25) is 14.4 Å². The van der Waals surface area contributed by atoms with E-state index in [2.05, 4.69) is 15.4 Å². The van der Waals surface area contributed by atoms with E-state index < -0.39 is 33.4 Å². The molecule has 0 heterocycles. The fourth-order valence-electron chi connectivity index (χ4n) is 1.81. The van der Waals surface area contributed by atoms with E-state index in [1.165, 1.54) is 52.0 Å². The van der Waals surface area contributed by atoms with Gasteiger partial charge in [0.2, 0.25) is 21.8 Å². The van der Waals surface area contributed by atoms with E-state index >= 15 is 0 Å². The summed E-state index contributed by atoms with van der Waals surface area (Å²) in [6, 6.07) is 4.35. The SMILES string of the molecule is CC(=O)Nc1ccc(S(=O)(=O)NC(C)C(=O)NCC(C)(C)C(=O)O)cc1. The number of anilines is 1. The molecule has 144 valence electrons. The molecule has 4 N–H and O–H groups in total. The number of carbonyl (C=O) groups is 3. The Labute approximate surface area is 152 Å². The summed E-state index contributed by atoms with van der Waals surface area (Å²) in [6.45, 7) is 5.44. The zero-order chi connectivity index (χ0) is 20.1. The fourth-order valence-corrected chi connectivity index (χ4v) is 3.01. The second-order valence-electron chi connectivity index (χ2n) is 6.46. The van der Waals surface area contributed by atoms with E-state index in [0.717, 1.165) is 0 Å². The van der Waals surface area contributed by atoms with Gasteiger partial charge in [0.05, 0.1) is 16.4 Å². The number of rotatable bonds is 8. The van der Waals surface area contributed by atoms with Gasteiger partial charge in [0.25, 0.3) is 0 Å². The number of carboxylic acid groups (broad SMARTS) is 1. The Bertz CT molecular complexity index is 787. The van der Waals surface area contributed by atoms with Crippen molar-refractivity contribution in [1.29, 1.82) is 0 Å². The van der Waals surface area contributed by atoms with Crippen molar-refractivity contribution in [3.05, 3.63) is 24.3 Å². The second-order valence-corrected chi connectivity index (χ2v) is 8.17. The summed E-state index contributed by atoms with van der Waals surface area (Å²) < 4.78 is 26.9. The number of aliphatic carboxylic acids is 1. The van der Waals surface area contributed by atoms with Crippen molar-refractivity contribution in [1.82, 2.24) is 10.0 Å². The molecule has 0 aliphatic rings. The minimum atomic E-state index is -3.96. The Balaban J connectivity index is 2.74. The van der Waals surface area contributed by atoms with Gasteiger partial charge in [0.15, 0.2) is 0 Å². The van der Waals surface area contributed by atoms with Crippen LogP contribution in [0.3, 0.4) is 0 Å². The molecule has 0 aliphatic heterocycles. The Hall–Kier alpha value is -2.46. The molecule has 9 nitrogen and oxygen atoms in total. The first-order valence-electron chi connectivity index (χ1n) is 7.76. The number of sulfonamides is 1. The van der Waals surface area contributed by atoms with E-state index in [0.29, 0.717) is 5.69 Å². The van der Waals surface area contributed by atoms with Crippen molar-refractivity contribution in [2.24, 2.45) is 5.41 Å². The van der Waals surface area contributed by atoms with E-state index in [1.807, 2.05) is 0 Å². The Morgan fingerprint density at radius 3 is 2.15 bits per heavy atom. The lowest BCUT2D eigenvalue weighted by molar-refractivity contribution is -0.146. The summed E-state index contributed by atoms with van der Waals surface area (Å²) in [4.78, 5) is 33.9. The maximum Gasteiger partial charge on any atom is 0.310 e. The highest BCUT2D eigenvalue weighted by Gasteiger charge is 2.29. The molecule has 0 aliphatic carbocycles. The number of amides is 2. The van der Waals surface area contributed by atoms with Gasteiger partial charge in [-0.15, -0.1) is 0 Å². The normalized spacial score (nSPS) is 12.9. The molecule has 1 atom stereocenters. The Morgan fingerprint density at radius 2 is 1.69 bits per heavy atom. The lowest BCUT2D eigenvalue weighted by Gasteiger charge is -2.21. The van der Waals surface area contributed by atoms with Gasteiger partial charge in [-0.2, -0.15) is 4.72 Å². The van der Waals surface area contributed by atoms with E-state index in [1.54, 1.807) is 0 Å². The second kappa shape index (κ2) is 8.28. The van der Waals surface area contributed by atoms with Crippen LogP contribution in [0.4, 0.5) is 5.69 Å². The maximum absolute atomic E-state index is 12.3. The Morgan fingerprint density at radius 1 is 1.15 bits per heavy atom. The largest absolute Gasteiger partial charge is 0.481 e. The average Bonchev–Trinajstić information content (AvgIpc) is 2.52. The predicted molar refractivity (Wildman–Crippen MR) is 95.0 cm³/mol. The fraction of sp³-hybridized carbons (Fsp3) is 0.438. The molecular weight excluding hydrogens is 362 g/mol. The van der Waals surface area contributed by atoms with E-state index in [9.17, 15) is 22.8 Å². The molecule has 0 saturated heterocycles. The van der Waals surface area contributed by atoms with Crippen molar-refractivity contribution in [3.63, 3.8) is 0 Å². The maximum atomic E-state index is 12.3. The molecule has 10 heteroatoms. The van der Waals surface area contributed by atoms with Crippen molar-refractivity contribution in [2.75, 3.05) is 11.9 Å². The van der Waals surface area contributed by atoms with Gasteiger partial charge < -0.3 is 15.7 Å². The molecule has 1 aromatic rings. The third-order valence-corrected chi connectivity index (χ3v) is 5.05. The summed E-state index contributed by atoms with van der Waals surface area (Å²) in [5.74, 6) is -2.00. The summed E-state index contributed by atoms with van der Waals surface area (Å²) in [7, 11) is -3.96. The highest BCUT2D eigenvalue weighted by atomic mass is 32.2. The molecule has 0 bridgehead atoms. The lowest BCUT2D eigenvalue weighted by atomic mass is 9.94. The molecule has 0 saturated carbocycles. The highest BCUT2D eigenvalue weighted by Crippen LogP contribution is 2.15. The minimum absolute atomic E-state index is 0.0721. The quantitative estimate of drug-likeness (QED) is 0.514. The third kappa shape index (κ3) is 6.12. The number of hydrogen-bond donors (Lipinski definition) is 4. The first-order valence-corrected chi connectivity index (χ1v) is 9.24. The van der Waals surface area contributed by atoms with Gasteiger partial charge in [0.1, 0.15) is 0 Å². The van der Waals surface area contributed by atoms with Crippen LogP contribution in [0.1, 0.15) is 27.7 Å². The van der Waals surface area contributed by atoms with Crippen molar-refractivity contribution in [3.8, 4) is 0 Å². The monoisotopic (exact) mass is 385 g/mol. The topological polar surface area (TPSA) is 142 Å². The zero-order valence-electron chi connectivity index (χ0n) is 15.0. The smallest absolute Gasteiger partial charge is 0.310 e. The standard InChI is InChI=1S/C16H23N3O6S/c1-10(14(21)17-9-16(3,4)15(22)23)19-26(24,25)13-7-5-12(6-8-13)18-11(2)20/h5-8,10,19H,9H2,1-4H3,(H,17,21)(H,18,20)(H,22,23). The molecule has 26 heavy (non-hydrogen) atoms. The van der Waals surface area contributed by atoms with E-state index in [4.69, 9.17) is 5.11 Å². The van der Waals surface area contributed by atoms with E-state index in [-0.39, 0.29) is 17.3 Å².